The third kappa shape index (κ3) is 3.22. The van der Waals surface area contributed by atoms with E-state index in [0.29, 0.717) is 0 Å². The Kier molecular flexibility index (Phi) is 4.11. The van der Waals surface area contributed by atoms with E-state index in [1.807, 2.05) is 0 Å². The highest BCUT2D eigenvalue weighted by Crippen LogP contribution is 2.15. The third-order valence-electron chi connectivity index (χ3n) is 1.89. The van der Waals surface area contributed by atoms with Gasteiger partial charge in [-0.25, -0.2) is 14.3 Å². The lowest BCUT2D eigenvalue weighted by Gasteiger charge is -2.07. The number of aryl methyl sites for hydroxylation is 1. The summed E-state index contributed by atoms with van der Waals surface area (Å²) in [5, 5.41) is 0. The Morgan fingerprint density at radius 2 is 2.06 bits per heavy atom. The molecule has 2 amide bonds. The van der Waals surface area contributed by atoms with Crippen LogP contribution >= 0.6 is 0 Å². The number of halogens is 2. The van der Waals surface area contributed by atoms with Crippen LogP contribution in [0, 0.1) is 18.6 Å². The van der Waals surface area contributed by atoms with Crippen molar-refractivity contribution in [2.45, 2.75) is 6.92 Å². The maximum absolute atomic E-state index is 13.5. The molecule has 1 aromatic carbocycles. The van der Waals surface area contributed by atoms with Crippen LogP contribution in [0.25, 0.3) is 0 Å². The summed E-state index contributed by atoms with van der Waals surface area (Å²) in [6, 6.07) is 2.16. The smallest absolute Gasteiger partial charge is 0.280 e. The Bertz CT molecular complexity index is 463. The molecule has 0 unspecified atom stereocenters. The van der Waals surface area contributed by atoms with E-state index in [0.717, 1.165) is 6.07 Å². The maximum atomic E-state index is 13.5. The van der Waals surface area contributed by atoms with Crippen molar-refractivity contribution < 1.29 is 23.2 Å². The van der Waals surface area contributed by atoms with Gasteiger partial charge in [0.05, 0.1) is 0 Å². The number of nitrogens with one attached hydrogen (secondary N) is 1. The van der Waals surface area contributed by atoms with Gasteiger partial charge in [-0.05, 0) is 18.6 Å². The number of rotatable bonds is 4. The van der Waals surface area contributed by atoms with E-state index in [9.17, 15) is 18.4 Å². The van der Waals surface area contributed by atoms with E-state index in [-0.39, 0.29) is 5.56 Å². The van der Waals surface area contributed by atoms with Crippen molar-refractivity contribution in [3.8, 4) is 0 Å². The Labute approximate surface area is 95.5 Å². The standard InChI is InChI=1S/C10H10F2N2O3/c1-5-2-3-6(11)8(9(5)12)10(16)14-17-4-7(13)15/h2-3H,4H2,1H3,(H2,13,15)(H,14,16). The molecule has 0 fully saturated rings. The fourth-order valence-corrected chi connectivity index (χ4v) is 1.09. The van der Waals surface area contributed by atoms with Gasteiger partial charge in [-0.2, -0.15) is 0 Å². The molecule has 1 rings (SSSR count). The second-order valence-corrected chi connectivity index (χ2v) is 3.24. The minimum atomic E-state index is -1.12. The van der Waals surface area contributed by atoms with E-state index < -0.39 is 35.6 Å². The molecule has 92 valence electrons. The predicted molar refractivity (Wildman–Crippen MR) is 53.7 cm³/mol. The van der Waals surface area contributed by atoms with Crippen molar-refractivity contribution in [2.75, 3.05) is 6.61 Å². The molecule has 0 aliphatic carbocycles. The summed E-state index contributed by atoms with van der Waals surface area (Å²) < 4.78 is 26.7. The highest BCUT2D eigenvalue weighted by Gasteiger charge is 2.19. The Morgan fingerprint density at radius 1 is 1.41 bits per heavy atom. The van der Waals surface area contributed by atoms with Crippen LogP contribution in [0.1, 0.15) is 15.9 Å². The minimum Gasteiger partial charge on any atom is -0.368 e. The number of carbonyl (C=O) groups excluding carboxylic acids is 2. The number of benzene rings is 1. The van der Waals surface area contributed by atoms with Gasteiger partial charge in [-0.15, -0.1) is 0 Å². The first-order valence-corrected chi connectivity index (χ1v) is 4.58. The molecule has 0 saturated heterocycles. The second-order valence-electron chi connectivity index (χ2n) is 3.24. The molecule has 17 heavy (non-hydrogen) atoms. The molecule has 0 aliphatic heterocycles. The van der Waals surface area contributed by atoms with Gasteiger partial charge < -0.3 is 5.73 Å². The molecule has 5 nitrogen and oxygen atoms in total. The Hall–Kier alpha value is -2.02. The minimum absolute atomic E-state index is 0.117. The van der Waals surface area contributed by atoms with E-state index in [2.05, 4.69) is 4.84 Å². The van der Waals surface area contributed by atoms with Crippen LogP contribution in [0.5, 0.6) is 0 Å². The Morgan fingerprint density at radius 3 is 2.65 bits per heavy atom. The maximum Gasteiger partial charge on any atom is 0.280 e. The summed E-state index contributed by atoms with van der Waals surface area (Å²) in [5.74, 6) is -3.95. The zero-order valence-corrected chi connectivity index (χ0v) is 8.92. The molecule has 0 atom stereocenters. The predicted octanol–water partition coefficient (Wildman–Crippen LogP) is 0.420. The van der Waals surface area contributed by atoms with Gasteiger partial charge in [0, 0.05) is 0 Å². The van der Waals surface area contributed by atoms with E-state index in [1.54, 1.807) is 5.48 Å². The van der Waals surface area contributed by atoms with E-state index >= 15 is 0 Å². The van der Waals surface area contributed by atoms with Crippen molar-refractivity contribution in [1.82, 2.24) is 5.48 Å². The number of nitrogens with two attached hydrogens (primary N) is 1. The van der Waals surface area contributed by atoms with Gasteiger partial charge in [0.2, 0.25) is 5.91 Å². The van der Waals surface area contributed by atoms with Crippen LogP contribution in [0.15, 0.2) is 12.1 Å². The van der Waals surface area contributed by atoms with Crippen LogP contribution in [-0.2, 0) is 9.63 Å². The summed E-state index contributed by atoms with van der Waals surface area (Å²) in [5.41, 5.74) is 5.81. The third-order valence-corrected chi connectivity index (χ3v) is 1.89. The van der Waals surface area contributed by atoms with Crippen molar-refractivity contribution >= 4 is 11.8 Å². The number of hydroxylamine groups is 1. The van der Waals surface area contributed by atoms with Crippen molar-refractivity contribution in [3.63, 3.8) is 0 Å². The summed E-state index contributed by atoms with van der Waals surface area (Å²) >= 11 is 0. The quantitative estimate of drug-likeness (QED) is 0.753. The van der Waals surface area contributed by atoms with E-state index in [4.69, 9.17) is 5.73 Å². The first-order valence-electron chi connectivity index (χ1n) is 4.58. The fraction of sp³-hybridized carbons (Fsp3) is 0.200. The molecular formula is C10H10F2N2O3. The number of hydrogen-bond acceptors (Lipinski definition) is 3. The lowest BCUT2D eigenvalue weighted by atomic mass is 10.1. The summed E-state index contributed by atoms with van der Waals surface area (Å²) in [7, 11) is 0. The molecule has 3 N–H and O–H groups in total. The van der Waals surface area contributed by atoms with Crippen LogP contribution < -0.4 is 11.2 Å². The highest BCUT2D eigenvalue weighted by atomic mass is 19.1. The summed E-state index contributed by atoms with van der Waals surface area (Å²) in [6.07, 6.45) is 0. The molecular weight excluding hydrogens is 234 g/mol. The van der Waals surface area contributed by atoms with Gasteiger partial charge in [-0.1, -0.05) is 6.07 Å². The van der Waals surface area contributed by atoms with Gasteiger partial charge in [0.15, 0.2) is 6.61 Å². The average Bonchev–Trinajstić information content (AvgIpc) is 2.23. The lowest BCUT2D eigenvalue weighted by molar-refractivity contribution is -0.124. The number of carbonyl (C=O) groups is 2. The average molecular weight is 244 g/mol. The lowest BCUT2D eigenvalue weighted by Crippen LogP contribution is -2.30. The van der Waals surface area contributed by atoms with Crippen LogP contribution in [0.2, 0.25) is 0 Å². The number of hydrogen-bond donors (Lipinski definition) is 2. The number of primary amides is 1. The Balaban J connectivity index is 2.82. The molecule has 0 saturated carbocycles. The monoisotopic (exact) mass is 244 g/mol. The summed E-state index contributed by atoms with van der Waals surface area (Å²) in [4.78, 5) is 26.0. The summed E-state index contributed by atoms with van der Waals surface area (Å²) in [6.45, 7) is 0.802. The SMILES string of the molecule is Cc1ccc(F)c(C(=O)NOCC(N)=O)c1F. The largest absolute Gasteiger partial charge is 0.368 e. The molecule has 0 radical (unpaired) electrons. The zero-order valence-electron chi connectivity index (χ0n) is 8.92. The van der Waals surface area contributed by atoms with Crippen molar-refractivity contribution in [2.24, 2.45) is 5.73 Å². The molecule has 0 aliphatic rings. The van der Waals surface area contributed by atoms with Crippen molar-refractivity contribution in [1.29, 1.82) is 0 Å². The zero-order chi connectivity index (χ0) is 13.0. The second kappa shape index (κ2) is 5.35. The van der Waals surface area contributed by atoms with Crippen molar-refractivity contribution in [3.05, 3.63) is 34.9 Å². The van der Waals surface area contributed by atoms with Crippen LogP contribution in [0.3, 0.4) is 0 Å². The number of amides is 2. The van der Waals surface area contributed by atoms with Crippen LogP contribution in [0.4, 0.5) is 8.78 Å². The van der Waals surface area contributed by atoms with Crippen LogP contribution in [-0.4, -0.2) is 18.4 Å². The molecule has 7 heteroatoms. The van der Waals surface area contributed by atoms with Gasteiger partial charge in [-0.3, -0.25) is 14.4 Å². The van der Waals surface area contributed by atoms with Gasteiger partial charge in [0.1, 0.15) is 17.2 Å². The fourth-order valence-electron chi connectivity index (χ4n) is 1.09. The highest BCUT2D eigenvalue weighted by molar-refractivity contribution is 5.94. The first kappa shape index (κ1) is 13.0. The normalized spacial score (nSPS) is 10.1. The van der Waals surface area contributed by atoms with Gasteiger partial charge >= 0.3 is 0 Å². The van der Waals surface area contributed by atoms with E-state index in [1.165, 1.54) is 13.0 Å². The topological polar surface area (TPSA) is 81.4 Å². The van der Waals surface area contributed by atoms with Gasteiger partial charge in [0.25, 0.3) is 5.91 Å². The molecule has 0 heterocycles. The molecule has 1 aromatic rings. The molecule has 0 aromatic heterocycles. The molecule has 0 spiro atoms. The molecule has 0 bridgehead atoms. The first-order chi connectivity index (χ1) is 7.93.